The number of fused-ring (bicyclic) bond motifs is 10. The number of benzene rings is 7. The first-order chi connectivity index (χ1) is 23.3. The first-order valence-corrected chi connectivity index (χ1v) is 15.8. The Morgan fingerprint density at radius 3 is 1.74 bits per heavy atom. The van der Waals surface area contributed by atoms with Crippen LogP contribution in [0.15, 0.2) is 167 Å². The summed E-state index contributed by atoms with van der Waals surface area (Å²) < 4.78 is 13.0. The molecule has 4 heteroatoms. The van der Waals surface area contributed by atoms with Gasteiger partial charge in [-0.25, -0.2) is 4.98 Å². The molecule has 0 amide bonds. The number of hydrogen-bond acceptors (Lipinski definition) is 4. The zero-order valence-corrected chi connectivity index (χ0v) is 25.2. The van der Waals surface area contributed by atoms with Crippen LogP contribution in [-0.4, -0.2) is 4.98 Å². The van der Waals surface area contributed by atoms with Crippen LogP contribution in [0.1, 0.15) is 0 Å². The zero-order valence-electron chi connectivity index (χ0n) is 25.2. The molecule has 10 aromatic rings. The fraction of sp³-hybridized carbons (Fsp3) is 0. The van der Waals surface area contributed by atoms with E-state index in [1.54, 1.807) is 0 Å². The third-order valence-electron chi connectivity index (χ3n) is 9.25. The number of para-hydroxylation sites is 5. The summed E-state index contributed by atoms with van der Waals surface area (Å²) in [5.74, 6) is 0. The van der Waals surface area contributed by atoms with Crippen molar-refractivity contribution in [3.8, 4) is 11.3 Å². The van der Waals surface area contributed by atoms with Crippen molar-refractivity contribution in [3.63, 3.8) is 0 Å². The lowest BCUT2D eigenvalue weighted by atomic mass is 9.97. The number of nitrogens with zero attached hydrogens (tertiary/aromatic N) is 2. The second kappa shape index (κ2) is 10.1. The van der Waals surface area contributed by atoms with Crippen LogP contribution in [-0.2, 0) is 0 Å². The van der Waals surface area contributed by atoms with E-state index >= 15 is 0 Å². The molecule has 10 rings (SSSR count). The average molecular weight is 603 g/mol. The summed E-state index contributed by atoms with van der Waals surface area (Å²) in [5.41, 5.74) is 9.50. The molecule has 0 atom stereocenters. The number of rotatable bonds is 4. The third-order valence-corrected chi connectivity index (χ3v) is 9.25. The predicted octanol–water partition coefficient (Wildman–Crippen LogP) is 12.3. The van der Waals surface area contributed by atoms with Gasteiger partial charge in [-0.1, -0.05) is 103 Å². The topological polar surface area (TPSA) is 42.4 Å². The number of aromatic nitrogens is 1. The third kappa shape index (κ3) is 3.92. The molecule has 0 aliphatic heterocycles. The van der Waals surface area contributed by atoms with Crippen LogP contribution in [0.5, 0.6) is 0 Å². The summed E-state index contributed by atoms with van der Waals surface area (Å²) in [6, 6.07) is 54.7. The molecule has 0 bridgehead atoms. The van der Waals surface area contributed by atoms with Gasteiger partial charge in [-0.15, -0.1) is 0 Å². The van der Waals surface area contributed by atoms with Gasteiger partial charge in [-0.05, 0) is 54.6 Å². The Labute approximate surface area is 269 Å². The molecular weight excluding hydrogens is 576 g/mol. The molecule has 0 saturated carbocycles. The van der Waals surface area contributed by atoms with Crippen LogP contribution in [0.25, 0.3) is 76.8 Å². The van der Waals surface area contributed by atoms with Gasteiger partial charge in [0.1, 0.15) is 16.7 Å². The van der Waals surface area contributed by atoms with Gasteiger partial charge in [0.15, 0.2) is 5.58 Å². The normalized spacial score (nSPS) is 11.8. The van der Waals surface area contributed by atoms with E-state index in [1.807, 2.05) is 36.4 Å². The average Bonchev–Trinajstić information content (AvgIpc) is 3.71. The molecule has 7 aromatic carbocycles. The molecule has 0 spiro atoms. The summed E-state index contributed by atoms with van der Waals surface area (Å²) in [7, 11) is 0. The molecular formula is C43H26N2O2. The van der Waals surface area contributed by atoms with Crippen LogP contribution in [0, 0.1) is 0 Å². The van der Waals surface area contributed by atoms with Crippen molar-refractivity contribution in [3.05, 3.63) is 158 Å². The van der Waals surface area contributed by atoms with Crippen molar-refractivity contribution >= 4 is 82.6 Å². The zero-order chi connectivity index (χ0) is 30.9. The van der Waals surface area contributed by atoms with E-state index in [-0.39, 0.29) is 0 Å². The van der Waals surface area contributed by atoms with Crippen LogP contribution in [0.4, 0.5) is 17.1 Å². The first-order valence-electron chi connectivity index (χ1n) is 15.8. The van der Waals surface area contributed by atoms with Crippen molar-refractivity contribution in [1.82, 2.24) is 4.98 Å². The molecule has 47 heavy (non-hydrogen) atoms. The summed E-state index contributed by atoms with van der Waals surface area (Å²) >= 11 is 0. The van der Waals surface area contributed by atoms with Gasteiger partial charge in [0.05, 0.1) is 16.9 Å². The Kier molecular flexibility index (Phi) is 5.54. The van der Waals surface area contributed by atoms with Gasteiger partial charge in [-0.2, -0.15) is 0 Å². The Balaban J connectivity index is 1.17. The number of anilines is 3. The highest BCUT2D eigenvalue weighted by Crippen LogP contribution is 2.44. The fourth-order valence-corrected chi connectivity index (χ4v) is 7.12. The molecule has 4 nitrogen and oxygen atoms in total. The lowest BCUT2D eigenvalue weighted by molar-refractivity contribution is 0.669. The molecule has 0 aliphatic rings. The molecule has 0 aliphatic carbocycles. The second-order valence-electron chi connectivity index (χ2n) is 11.9. The highest BCUT2D eigenvalue weighted by Gasteiger charge is 2.21. The smallest absolute Gasteiger partial charge is 0.159 e. The lowest BCUT2D eigenvalue weighted by Gasteiger charge is -2.25. The Bertz CT molecular complexity index is 2790. The van der Waals surface area contributed by atoms with Crippen molar-refractivity contribution < 1.29 is 8.83 Å². The van der Waals surface area contributed by atoms with E-state index in [9.17, 15) is 0 Å². The van der Waals surface area contributed by atoms with Crippen LogP contribution < -0.4 is 4.90 Å². The van der Waals surface area contributed by atoms with Gasteiger partial charge in [0.25, 0.3) is 0 Å². The maximum atomic E-state index is 6.53. The largest absolute Gasteiger partial charge is 0.455 e. The quantitative estimate of drug-likeness (QED) is 0.188. The second-order valence-corrected chi connectivity index (χ2v) is 11.9. The highest BCUT2D eigenvalue weighted by molar-refractivity contribution is 6.24. The van der Waals surface area contributed by atoms with E-state index in [2.05, 4.69) is 126 Å². The van der Waals surface area contributed by atoms with Gasteiger partial charge in [0.2, 0.25) is 0 Å². The van der Waals surface area contributed by atoms with Gasteiger partial charge in [-0.3, -0.25) is 0 Å². The van der Waals surface area contributed by atoms with Crippen molar-refractivity contribution in [2.45, 2.75) is 0 Å². The Morgan fingerprint density at radius 1 is 0.404 bits per heavy atom. The molecule has 3 heterocycles. The highest BCUT2D eigenvalue weighted by atomic mass is 16.3. The maximum Gasteiger partial charge on any atom is 0.159 e. The van der Waals surface area contributed by atoms with Gasteiger partial charge in [0, 0.05) is 54.6 Å². The van der Waals surface area contributed by atoms with Crippen LogP contribution in [0.3, 0.4) is 0 Å². The summed E-state index contributed by atoms with van der Waals surface area (Å²) in [6.07, 6.45) is 0. The Morgan fingerprint density at radius 2 is 0.979 bits per heavy atom. The molecule has 0 unspecified atom stereocenters. The lowest BCUT2D eigenvalue weighted by Crippen LogP contribution is -2.10. The molecule has 0 saturated heterocycles. The van der Waals surface area contributed by atoms with Gasteiger partial charge < -0.3 is 13.7 Å². The van der Waals surface area contributed by atoms with Crippen LogP contribution >= 0.6 is 0 Å². The fourth-order valence-electron chi connectivity index (χ4n) is 7.12. The summed E-state index contributed by atoms with van der Waals surface area (Å²) in [4.78, 5) is 7.48. The monoisotopic (exact) mass is 602 g/mol. The molecule has 3 aromatic heterocycles. The molecule has 0 fully saturated rings. The van der Waals surface area contributed by atoms with E-state index in [1.165, 1.54) is 0 Å². The Hall–Kier alpha value is -6.39. The van der Waals surface area contributed by atoms with E-state index in [0.717, 1.165) is 93.9 Å². The summed E-state index contributed by atoms with van der Waals surface area (Å²) in [6.45, 7) is 0. The van der Waals surface area contributed by atoms with E-state index in [0.29, 0.717) is 0 Å². The summed E-state index contributed by atoms with van der Waals surface area (Å²) in [5, 5.41) is 7.68. The minimum absolute atomic E-state index is 0.860. The van der Waals surface area contributed by atoms with E-state index in [4.69, 9.17) is 13.8 Å². The molecule has 0 N–H and O–H groups in total. The van der Waals surface area contributed by atoms with Crippen molar-refractivity contribution in [1.29, 1.82) is 0 Å². The minimum atomic E-state index is 0.860. The first kappa shape index (κ1) is 25.9. The number of furan rings is 2. The molecule has 220 valence electrons. The van der Waals surface area contributed by atoms with Crippen LogP contribution in [0.2, 0.25) is 0 Å². The van der Waals surface area contributed by atoms with Crippen molar-refractivity contribution in [2.24, 2.45) is 0 Å². The predicted molar refractivity (Wildman–Crippen MR) is 194 cm³/mol. The van der Waals surface area contributed by atoms with Crippen molar-refractivity contribution in [2.75, 3.05) is 4.90 Å². The van der Waals surface area contributed by atoms with Gasteiger partial charge >= 0.3 is 0 Å². The maximum absolute atomic E-state index is 6.53. The number of hydrogen-bond donors (Lipinski definition) is 0. The van der Waals surface area contributed by atoms with E-state index < -0.39 is 0 Å². The standard InChI is InChI=1S/C43H26N2O2/c1-2-11-28(12-3-1)45(37-18-10-16-32-30-13-5-8-19-38(30)46-42(32)37)29-23-21-27(22-24-29)41-35-26-25-33-31-14-6-9-20-39(31)47-43(33)40(35)34-15-4-7-17-36(34)44-41/h1-26H. The number of pyridine rings is 1. The molecule has 0 radical (unpaired) electrons. The minimum Gasteiger partial charge on any atom is -0.455 e. The SMILES string of the molecule is c1ccc(N(c2ccc(-c3nc4ccccc4c4c3ccc3c5ccccc5oc34)cc2)c2cccc3c2oc2ccccc23)cc1.